The first kappa shape index (κ1) is 13.7. The lowest BCUT2D eigenvalue weighted by Crippen LogP contribution is -2.15. The van der Waals surface area contributed by atoms with Crippen LogP contribution in [0.4, 0.5) is 0 Å². The number of aryl methyl sites for hydroxylation is 1. The molecule has 1 heterocycles. The fraction of sp³-hybridized carbons (Fsp3) is 0.133. The number of hydrogen-bond acceptors (Lipinski definition) is 4. The van der Waals surface area contributed by atoms with Gasteiger partial charge in [0.1, 0.15) is 6.61 Å². The molecule has 0 fully saturated rings. The zero-order valence-corrected chi connectivity index (χ0v) is 11.0. The fourth-order valence-electron chi connectivity index (χ4n) is 1.77. The first-order valence-electron chi connectivity index (χ1n) is 6.05. The number of nitrogens with zero attached hydrogens (tertiary/aromatic N) is 1. The highest BCUT2D eigenvalue weighted by Crippen LogP contribution is 2.19. The Hall–Kier alpha value is -2.69. The molecule has 0 saturated carbocycles. The minimum Gasteiger partial charge on any atom is -0.472 e. The number of nitrogens with two attached hydrogens (primary N) is 1. The van der Waals surface area contributed by atoms with Crippen molar-refractivity contribution in [3.63, 3.8) is 0 Å². The van der Waals surface area contributed by atoms with Crippen molar-refractivity contribution in [3.05, 3.63) is 58.8 Å². The molecule has 102 valence electrons. The number of hydrogen-bond donors (Lipinski definition) is 1. The van der Waals surface area contributed by atoms with Crippen LogP contribution >= 0.6 is 0 Å². The van der Waals surface area contributed by atoms with Gasteiger partial charge in [-0.3, -0.25) is 9.59 Å². The number of aromatic nitrogens is 1. The molecule has 0 saturated heterocycles. The molecule has 0 aliphatic rings. The van der Waals surface area contributed by atoms with Gasteiger partial charge in [0.15, 0.2) is 6.29 Å². The van der Waals surface area contributed by atoms with Crippen molar-refractivity contribution in [2.45, 2.75) is 13.5 Å². The summed E-state index contributed by atoms with van der Waals surface area (Å²) >= 11 is 0. The summed E-state index contributed by atoms with van der Waals surface area (Å²) in [5.41, 5.74) is 7.04. The Kier molecular flexibility index (Phi) is 4.10. The summed E-state index contributed by atoms with van der Waals surface area (Å²) in [5, 5.41) is 0. The predicted octanol–water partition coefficient (Wildman–Crippen LogP) is 1.88. The number of carbonyl (C=O) groups excluding carboxylic acids is 2. The lowest BCUT2D eigenvalue weighted by Gasteiger charge is -2.10. The number of primary amides is 1. The standard InChI is InChI=1S/C15H14N2O3/c1-10-13(14(16)19)7-12(8-18)15(17-10)20-9-11-5-3-2-4-6-11/h2-8H,9H2,1H3,(H2,16,19). The van der Waals surface area contributed by atoms with Crippen LogP contribution < -0.4 is 10.5 Å². The Morgan fingerprint density at radius 3 is 2.65 bits per heavy atom. The first-order chi connectivity index (χ1) is 9.61. The van der Waals surface area contributed by atoms with E-state index in [4.69, 9.17) is 10.5 Å². The van der Waals surface area contributed by atoms with Gasteiger partial charge in [-0.15, -0.1) is 0 Å². The maximum absolute atomic E-state index is 11.2. The molecule has 1 aromatic heterocycles. The highest BCUT2D eigenvalue weighted by Gasteiger charge is 2.13. The van der Waals surface area contributed by atoms with Crippen molar-refractivity contribution in [2.24, 2.45) is 5.73 Å². The summed E-state index contributed by atoms with van der Waals surface area (Å²) in [7, 11) is 0. The molecule has 0 radical (unpaired) electrons. The van der Waals surface area contributed by atoms with E-state index < -0.39 is 5.91 Å². The Bertz CT molecular complexity index is 639. The van der Waals surface area contributed by atoms with Gasteiger partial charge in [-0.25, -0.2) is 4.98 Å². The number of pyridine rings is 1. The van der Waals surface area contributed by atoms with Crippen LogP contribution in [0, 0.1) is 6.92 Å². The maximum atomic E-state index is 11.2. The van der Waals surface area contributed by atoms with Gasteiger partial charge in [-0.1, -0.05) is 30.3 Å². The van der Waals surface area contributed by atoms with E-state index in [9.17, 15) is 9.59 Å². The van der Waals surface area contributed by atoms with E-state index in [0.717, 1.165) is 5.56 Å². The summed E-state index contributed by atoms with van der Waals surface area (Å²) in [6.45, 7) is 1.94. The minimum absolute atomic E-state index is 0.200. The Morgan fingerprint density at radius 2 is 2.05 bits per heavy atom. The summed E-state index contributed by atoms with van der Waals surface area (Å²) in [4.78, 5) is 26.4. The van der Waals surface area contributed by atoms with Gasteiger partial charge >= 0.3 is 0 Å². The first-order valence-corrected chi connectivity index (χ1v) is 6.05. The molecule has 2 aromatic rings. The van der Waals surface area contributed by atoms with Crippen LogP contribution in [0.2, 0.25) is 0 Å². The number of rotatable bonds is 5. The molecule has 0 unspecified atom stereocenters. The third-order valence-electron chi connectivity index (χ3n) is 2.82. The number of benzene rings is 1. The van der Waals surface area contributed by atoms with Crippen molar-refractivity contribution in [1.82, 2.24) is 4.98 Å². The molecular weight excluding hydrogens is 256 g/mol. The highest BCUT2D eigenvalue weighted by molar-refractivity contribution is 5.96. The number of ether oxygens (including phenoxy) is 1. The van der Waals surface area contributed by atoms with Crippen molar-refractivity contribution in [3.8, 4) is 5.88 Å². The largest absolute Gasteiger partial charge is 0.472 e. The van der Waals surface area contributed by atoms with E-state index in [0.29, 0.717) is 18.6 Å². The molecule has 0 aliphatic heterocycles. The molecular formula is C15H14N2O3. The van der Waals surface area contributed by atoms with E-state index in [1.165, 1.54) is 6.07 Å². The van der Waals surface area contributed by atoms with Gasteiger partial charge in [0.25, 0.3) is 5.91 Å². The van der Waals surface area contributed by atoms with Crippen molar-refractivity contribution < 1.29 is 14.3 Å². The molecule has 5 heteroatoms. The van der Waals surface area contributed by atoms with Gasteiger partial charge in [-0.2, -0.15) is 0 Å². The zero-order chi connectivity index (χ0) is 14.5. The second-order valence-electron chi connectivity index (χ2n) is 4.27. The molecule has 0 bridgehead atoms. The van der Waals surface area contributed by atoms with E-state index in [-0.39, 0.29) is 17.0 Å². The highest BCUT2D eigenvalue weighted by atomic mass is 16.5. The topological polar surface area (TPSA) is 82.3 Å². The fourth-order valence-corrected chi connectivity index (χ4v) is 1.77. The van der Waals surface area contributed by atoms with Gasteiger partial charge in [-0.05, 0) is 18.6 Å². The summed E-state index contributed by atoms with van der Waals surface area (Å²) in [5.74, 6) is -0.418. The molecule has 0 spiro atoms. The normalized spacial score (nSPS) is 10.1. The van der Waals surface area contributed by atoms with Crippen molar-refractivity contribution in [2.75, 3.05) is 0 Å². The van der Waals surface area contributed by atoms with E-state index in [2.05, 4.69) is 4.98 Å². The van der Waals surface area contributed by atoms with Gasteiger partial charge in [0, 0.05) is 0 Å². The van der Waals surface area contributed by atoms with E-state index in [1.54, 1.807) is 6.92 Å². The average Bonchev–Trinajstić information content (AvgIpc) is 2.46. The van der Waals surface area contributed by atoms with Gasteiger partial charge in [0.05, 0.1) is 16.8 Å². The average molecular weight is 270 g/mol. The number of amides is 1. The molecule has 0 atom stereocenters. The second-order valence-corrected chi connectivity index (χ2v) is 4.27. The van der Waals surface area contributed by atoms with Crippen molar-refractivity contribution >= 4 is 12.2 Å². The lowest BCUT2D eigenvalue weighted by molar-refractivity contribution is 0.0999. The molecule has 0 aliphatic carbocycles. The Morgan fingerprint density at radius 1 is 1.35 bits per heavy atom. The van der Waals surface area contributed by atoms with Gasteiger partial charge in [0.2, 0.25) is 5.88 Å². The van der Waals surface area contributed by atoms with Crippen LogP contribution in [-0.4, -0.2) is 17.2 Å². The summed E-state index contributed by atoms with van der Waals surface area (Å²) in [6.07, 6.45) is 0.596. The molecule has 2 N–H and O–H groups in total. The lowest BCUT2D eigenvalue weighted by atomic mass is 10.1. The monoisotopic (exact) mass is 270 g/mol. The zero-order valence-electron chi connectivity index (χ0n) is 11.0. The van der Waals surface area contributed by atoms with Crippen LogP contribution in [0.3, 0.4) is 0 Å². The number of aldehydes is 1. The Balaban J connectivity index is 2.25. The van der Waals surface area contributed by atoms with Crippen LogP contribution in [0.25, 0.3) is 0 Å². The quantitative estimate of drug-likeness (QED) is 0.841. The molecule has 20 heavy (non-hydrogen) atoms. The van der Waals surface area contributed by atoms with Crippen LogP contribution in [0.5, 0.6) is 5.88 Å². The van der Waals surface area contributed by atoms with E-state index >= 15 is 0 Å². The summed E-state index contributed by atoms with van der Waals surface area (Å²) in [6, 6.07) is 10.9. The minimum atomic E-state index is -0.618. The molecule has 1 amide bonds. The smallest absolute Gasteiger partial charge is 0.250 e. The second kappa shape index (κ2) is 5.97. The van der Waals surface area contributed by atoms with Crippen LogP contribution in [0.15, 0.2) is 36.4 Å². The van der Waals surface area contributed by atoms with Crippen molar-refractivity contribution in [1.29, 1.82) is 0 Å². The SMILES string of the molecule is Cc1nc(OCc2ccccc2)c(C=O)cc1C(N)=O. The maximum Gasteiger partial charge on any atom is 0.250 e. The molecule has 2 rings (SSSR count). The van der Waals surface area contributed by atoms with Gasteiger partial charge < -0.3 is 10.5 Å². The summed E-state index contributed by atoms with van der Waals surface area (Å²) < 4.78 is 5.54. The molecule has 5 nitrogen and oxygen atoms in total. The molecule has 1 aromatic carbocycles. The number of carbonyl (C=O) groups is 2. The third kappa shape index (κ3) is 3.00. The van der Waals surface area contributed by atoms with Crippen LogP contribution in [-0.2, 0) is 6.61 Å². The Labute approximate surface area is 116 Å². The van der Waals surface area contributed by atoms with E-state index in [1.807, 2.05) is 30.3 Å². The third-order valence-corrected chi connectivity index (χ3v) is 2.82. The van der Waals surface area contributed by atoms with Crippen LogP contribution in [0.1, 0.15) is 32.0 Å². The predicted molar refractivity (Wildman–Crippen MR) is 73.7 cm³/mol.